The van der Waals surface area contributed by atoms with Gasteiger partial charge in [-0.2, -0.15) is 0 Å². The minimum absolute atomic E-state index is 0.102. The van der Waals surface area contributed by atoms with E-state index in [-0.39, 0.29) is 17.6 Å². The van der Waals surface area contributed by atoms with E-state index in [9.17, 15) is 4.79 Å². The number of carbonyl (C=O) groups excluding carboxylic acids is 1. The molecule has 1 aliphatic carbocycles. The van der Waals surface area contributed by atoms with Crippen molar-refractivity contribution in [1.29, 1.82) is 0 Å². The molecule has 1 saturated carbocycles. The molecule has 1 aromatic carbocycles. The smallest absolute Gasteiger partial charge is 0.169 e. The Labute approximate surface area is 136 Å². The SMILES string of the molecule is COC1(C(=O)Cc2cccc(Cl)c2Cl)CCC(C)(C)CC1. The van der Waals surface area contributed by atoms with Gasteiger partial charge in [0.15, 0.2) is 5.78 Å². The van der Waals surface area contributed by atoms with E-state index < -0.39 is 5.60 Å². The maximum Gasteiger partial charge on any atom is 0.169 e. The van der Waals surface area contributed by atoms with Crippen LogP contribution in [0.2, 0.25) is 10.0 Å². The standard InChI is InChI=1S/C17H22Cl2O2/c1-16(2)7-9-17(21-3,10-8-16)14(20)11-12-5-4-6-13(18)15(12)19/h4-6H,7-11H2,1-3H3. The average Bonchev–Trinajstić information content (AvgIpc) is 2.44. The van der Waals surface area contributed by atoms with E-state index >= 15 is 0 Å². The van der Waals surface area contributed by atoms with Crippen LogP contribution in [-0.2, 0) is 16.0 Å². The van der Waals surface area contributed by atoms with Crippen LogP contribution < -0.4 is 0 Å². The van der Waals surface area contributed by atoms with Gasteiger partial charge in [-0.1, -0.05) is 49.2 Å². The highest BCUT2D eigenvalue weighted by Gasteiger charge is 2.43. The van der Waals surface area contributed by atoms with Crippen LogP contribution in [0.4, 0.5) is 0 Å². The summed E-state index contributed by atoms with van der Waals surface area (Å²) in [6.45, 7) is 4.48. The van der Waals surface area contributed by atoms with Gasteiger partial charge in [0.05, 0.1) is 10.0 Å². The molecule has 2 nitrogen and oxygen atoms in total. The predicted octanol–water partition coefficient (Wildman–Crippen LogP) is 5.09. The molecule has 0 aliphatic heterocycles. The molecule has 1 aliphatic rings. The average molecular weight is 329 g/mol. The third-order valence-electron chi connectivity index (χ3n) is 4.69. The van der Waals surface area contributed by atoms with Gasteiger partial charge in [-0.05, 0) is 42.7 Å². The molecule has 0 N–H and O–H groups in total. The second kappa shape index (κ2) is 6.28. The molecule has 0 bridgehead atoms. The second-order valence-corrected chi connectivity index (χ2v) is 7.46. The molecule has 0 heterocycles. The molecule has 1 aromatic rings. The Balaban J connectivity index is 2.16. The van der Waals surface area contributed by atoms with Gasteiger partial charge in [0.1, 0.15) is 5.60 Å². The molecule has 0 amide bonds. The zero-order chi connectivity index (χ0) is 15.7. The summed E-state index contributed by atoms with van der Waals surface area (Å²) < 4.78 is 5.65. The summed E-state index contributed by atoms with van der Waals surface area (Å²) in [5.74, 6) is 0.102. The van der Waals surface area contributed by atoms with Gasteiger partial charge in [-0.15, -0.1) is 0 Å². The maximum atomic E-state index is 12.8. The van der Waals surface area contributed by atoms with E-state index in [1.54, 1.807) is 13.2 Å². The van der Waals surface area contributed by atoms with Gasteiger partial charge in [-0.3, -0.25) is 4.79 Å². The Kier molecular flexibility index (Phi) is 5.02. The molecule has 0 saturated heterocycles. The van der Waals surface area contributed by atoms with E-state index in [0.717, 1.165) is 31.2 Å². The maximum absolute atomic E-state index is 12.8. The Morgan fingerprint density at radius 1 is 1.19 bits per heavy atom. The zero-order valence-corrected chi connectivity index (χ0v) is 14.4. The molecule has 0 unspecified atom stereocenters. The lowest BCUT2D eigenvalue weighted by atomic mass is 9.69. The van der Waals surface area contributed by atoms with Crippen molar-refractivity contribution in [2.45, 2.75) is 51.6 Å². The number of hydrogen-bond donors (Lipinski definition) is 0. The monoisotopic (exact) mass is 328 g/mol. The summed E-state index contributed by atoms with van der Waals surface area (Å²) in [5.41, 5.74) is 0.396. The van der Waals surface area contributed by atoms with Gasteiger partial charge in [-0.25, -0.2) is 0 Å². The van der Waals surface area contributed by atoms with E-state index in [2.05, 4.69) is 13.8 Å². The van der Waals surface area contributed by atoms with Gasteiger partial charge in [0.2, 0.25) is 0 Å². The molecule has 4 heteroatoms. The fourth-order valence-corrected chi connectivity index (χ4v) is 3.33. The molecular weight excluding hydrogens is 307 g/mol. The van der Waals surface area contributed by atoms with E-state index in [0.29, 0.717) is 10.0 Å². The number of halogens is 2. The lowest BCUT2D eigenvalue weighted by Crippen LogP contribution is -2.46. The van der Waals surface area contributed by atoms with Gasteiger partial charge in [0, 0.05) is 13.5 Å². The van der Waals surface area contributed by atoms with Crippen molar-refractivity contribution < 1.29 is 9.53 Å². The molecule has 116 valence electrons. The number of rotatable bonds is 4. The number of hydrogen-bond acceptors (Lipinski definition) is 2. The number of benzene rings is 1. The molecule has 1 fully saturated rings. The fraction of sp³-hybridized carbons (Fsp3) is 0.588. The highest BCUT2D eigenvalue weighted by Crippen LogP contribution is 2.43. The van der Waals surface area contributed by atoms with Crippen molar-refractivity contribution in [3.63, 3.8) is 0 Å². The van der Waals surface area contributed by atoms with Crippen LogP contribution in [0.1, 0.15) is 45.1 Å². The highest BCUT2D eigenvalue weighted by atomic mass is 35.5. The molecule has 21 heavy (non-hydrogen) atoms. The Morgan fingerprint density at radius 2 is 1.81 bits per heavy atom. The summed E-state index contributed by atoms with van der Waals surface area (Å²) >= 11 is 12.2. The summed E-state index contributed by atoms with van der Waals surface area (Å²) in [6.07, 6.45) is 3.81. The lowest BCUT2D eigenvalue weighted by Gasteiger charge is -2.41. The van der Waals surface area contributed by atoms with Crippen LogP contribution >= 0.6 is 23.2 Å². The van der Waals surface area contributed by atoms with Crippen LogP contribution in [0, 0.1) is 5.41 Å². The summed E-state index contributed by atoms with van der Waals surface area (Å²) in [5, 5.41) is 0.952. The molecule has 2 rings (SSSR count). The molecule has 0 spiro atoms. The fourth-order valence-electron chi connectivity index (χ4n) is 2.95. The minimum Gasteiger partial charge on any atom is -0.370 e. The van der Waals surface area contributed by atoms with Crippen LogP contribution in [0.15, 0.2) is 18.2 Å². The number of methoxy groups -OCH3 is 1. The number of Topliss-reactive ketones (excluding diaryl/α,β-unsaturated/α-hetero) is 1. The van der Waals surface area contributed by atoms with Crippen molar-refractivity contribution in [2.75, 3.05) is 7.11 Å². The van der Waals surface area contributed by atoms with Gasteiger partial charge in [0.25, 0.3) is 0 Å². The van der Waals surface area contributed by atoms with Gasteiger partial charge >= 0.3 is 0 Å². The zero-order valence-electron chi connectivity index (χ0n) is 12.8. The Morgan fingerprint density at radius 3 is 2.38 bits per heavy atom. The summed E-state index contributed by atoms with van der Waals surface area (Å²) in [4.78, 5) is 12.8. The van der Waals surface area contributed by atoms with Crippen molar-refractivity contribution in [3.05, 3.63) is 33.8 Å². The number of ether oxygens (including phenoxy) is 1. The number of carbonyl (C=O) groups is 1. The predicted molar refractivity (Wildman–Crippen MR) is 87.2 cm³/mol. The van der Waals surface area contributed by atoms with Crippen LogP contribution in [0.5, 0.6) is 0 Å². The van der Waals surface area contributed by atoms with E-state index in [1.165, 1.54) is 0 Å². The van der Waals surface area contributed by atoms with Crippen LogP contribution in [0.3, 0.4) is 0 Å². The first-order valence-corrected chi connectivity index (χ1v) is 8.07. The van der Waals surface area contributed by atoms with Crippen molar-refractivity contribution in [3.8, 4) is 0 Å². The number of ketones is 1. The van der Waals surface area contributed by atoms with Crippen LogP contribution in [-0.4, -0.2) is 18.5 Å². The molecule has 0 radical (unpaired) electrons. The Bertz CT molecular complexity index is 528. The molecule has 0 aromatic heterocycles. The first-order valence-electron chi connectivity index (χ1n) is 7.31. The summed E-state index contributed by atoms with van der Waals surface area (Å²) in [7, 11) is 1.63. The first kappa shape index (κ1) is 16.8. The quantitative estimate of drug-likeness (QED) is 0.769. The van der Waals surface area contributed by atoms with Crippen molar-refractivity contribution in [1.82, 2.24) is 0 Å². The first-order chi connectivity index (χ1) is 9.80. The third kappa shape index (κ3) is 3.61. The van der Waals surface area contributed by atoms with Gasteiger partial charge < -0.3 is 4.74 Å². The Hall–Kier alpha value is -0.570. The van der Waals surface area contributed by atoms with Crippen molar-refractivity contribution >= 4 is 29.0 Å². The lowest BCUT2D eigenvalue weighted by molar-refractivity contribution is -0.147. The molecule has 0 atom stereocenters. The topological polar surface area (TPSA) is 26.3 Å². The summed E-state index contributed by atoms with van der Waals surface area (Å²) in [6, 6.07) is 5.40. The van der Waals surface area contributed by atoms with E-state index in [1.807, 2.05) is 12.1 Å². The molecular formula is C17H22Cl2O2. The van der Waals surface area contributed by atoms with Crippen LogP contribution in [0.25, 0.3) is 0 Å². The normalized spacial score (nSPS) is 20.2. The largest absolute Gasteiger partial charge is 0.370 e. The van der Waals surface area contributed by atoms with E-state index in [4.69, 9.17) is 27.9 Å². The van der Waals surface area contributed by atoms with Crippen molar-refractivity contribution in [2.24, 2.45) is 5.41 Å². The minimum atomic E-state index is -0.666. The highest BCUT2D eigenvalue weighted by molar-refractivity contribution is 6.42. The second-order valence-electron chi connectivity index (χ2n) is 6.68. The third-order valence-corrected chi connectivity index (χ3v) is 5.55.